The van der Waals surface area contributed by atoms with E-state index in [1.54, 1.807) is 33.9 Å². The van der Waals surface area contributed by atoms with Gasteiger partial charge in [-0.1, -0.05) is 117 Å². The number of nitrogens with zero attached hydrogens (tertiary/aromatic N) is 1. The van der Waals surface area contributed by atoms with Gasteiger partial charge in [-0.25, -0.2) is 9.59 Å². The first-order chi connectivity index (χ1) is 34.6. The number of hydrogen-bond acceptors (Lipinski definition) is 10. The summed E-state index contributed by atoms with van der Waals surface area (Å²) in [4.78, 5) is 72.6. The van der Waals surface area contributed by atoms with Crippen LogP contribution in [0, 0.1) is 5.92 Å². The van der Waals surface area contributed by atoms with Crippen molar-refractivity contribution in [2.24, 2.45) is 16.6 Å². The number of amides is 4. The maximum atomic E-state index is 14.5. The lowest BCUT2D eigenvalue weighted by Gasteiger charge is -2.26. The highest BCUT2D eigenvalue weighted by molar-refractivity contribution is 7.59. The SMILES string of the molecule is C=CCOc1ccc2ccccc2c1-c1c(OCC(=O)N[C@H](CCCCNC(=O)OC(C)(C)C)C(=O)N[C@H](CCCNC(N)=NC)C(=O)N[C@@H](CC(C)C)C(=O)OCc2ccccc2)ccc2ccccc12.S.S. The number of ether oxygens (including phenoxy) is 4. The molecular weight excluding hydrogens is 979 g/mol. The van der Waals surface area contributed by atoms with Gasteiger partial charge in [-0.05, 0) is 104 Å². The molecule has 4 amide bonds. The lowest BCUT2D eigenvalue weighted by Crippen LogP contribution is -2.56. The Morgan fingerprint density at radius 2 is 1.22 bits per heavy atom. The second kappa shape index (κ2) is 31.0. The third-order valence-electron chi connectivity index (χ3n) is 11.4. The fourth-order valence-electron chi connectivity index (χ4n) is 7.96. The Bertz CT molecular complexity index is 2660. The third kappa shape index (κ3) is 19.5. The predicted molar refractivity (Wildman–Crippen MR) is 303 cm³/mol. The van der Waals surface area contributed by atoms with Gasteiger partial charge in [-0.2, -0.15) is 27.0 Å². The van der Waals surface area contributed by atoms with Crippen molar-refractivity contribution >= 4 is 84.3 Å². The number of hydrogen-bond donors (Lipinski definition) is 6. The summed E-state index contributed by atoms with van der Waals surface area (Å²) >= 11 is 0. The predicted octanol–water partition coefficient (Wildman–Crippen LogP) is 8.08. The molecule has 0 saturated heterocycles. The number of unbranched alkanes of at least 4 members (excludes halogenated alkanes) is 1. The van der Waals surface area contributed by atoms with Gasteiger partial charge in [0.2, 0.25) is 11.8 Å². The van der Waals surface area contributed by atoms with Crippen LogP contribution in [-0.4, -0.2) is 92.8 Å². The molecule has 400 valence electrons. The van der Waals surface area contributed by atoms with Crippen molar-refractivity contribution < 1.29 is 42.9 Å². The second-order valence-electron chi connectivity index (χ2n) is 18.8. The monoisotopic (exact) mass is 1050 g/mol. The molecule has 0 aromatic heterocycles. The van der Waals surface area contributed by atoms with E-state index in [1.165, 1.54) is 0 Å². The van der Waals surface area contributed by atoms with Crippen LogP contribution in [0.3, 0.4) is 0 Å². The van der Waals surface area contributed by atoms with Crippen molar-refractivity contribution in [1.29, 1.82) is 0 Å². The molecule has 0 aliphatic heterocycles. The van der Waals surface area contributed by atoms with Crippen molar-refractivity contribution in [2.75, 3.05) is 33.4 Å². The van der Waals surface area contributed by atoms with Crippen molar-refractivity contribution in [1.82, 2.24) is 26.6 Å². The summed E-state index contributed by atoms with van der Waals surface area (Å²) in [6.07, 6.45) is 2.85. The molecule has 0 aliphatic rings. The number of guanidine groups is 1. The highest BCUT2D eigenvalue weighted by Gasteiger charge is 2.31. The Kier molecular flexibility index (Phi) is 25.7. The van der Waals surface area contributed by atoms with Crippen molar-refractivity contribution in [3.63, 3.8) is 0 Å². The first-order valence-corrected chi connectivity index (χ1v) is 24.5. The number of rotatable bonds is 26. The lowest BCUT2D eigenvalue weighted by atomic mass is 9.92. The minimum Gasteiger partial charge on any atom is -0.489 e. The minimum atomic E-state index is -1.14. The molecule has 7 N–H and O–H groups in total. The molecule has 0 spiro atoms. The Morgan fingerprint density at radius 3 is 1.80 bits per heavy atom. The van der Waals surface area contributed by atoms with E-state index in [0.29, 0.717) is 37.3 Å². The quantitative estimate of drug-likeness (QED) is 0.0102. The lowest BCUT2D eigenvalue weighted by molar-refractivity contribution is -0.150. The van der Waals surface area contributed by atoms with Gasteiger partial charge in [0.05, 0.1) is 0 Å². The van der Waals surface area contributed by atoms with E-state index in [0.717, 1.165) is 38.2 Å². The summed E-state index contributed by atoms with van der Waals surface area (Å²) in [7, 11) is 1.54. The van der Waals surface area contributed by atoms with Crippen LogP contribution in [0.2, 0.25) is 0 Å². The van der Waals surface area contributed by atoms with Crippen LogP contribution in [0.1, 0.15) is 78.7 Å². The van der Waals surface area contributed by atoms with E-state index < -0.39 is 60.1 Å². The normalized spacial score (nSPS) is 12.4. The highest BCUT2D eigenvalue weighted by Crippen LogP contribution is 2.45. The summed E-state index contributed by atoms with van der Waals surface area (Å²) in [5.74, 6) is -1.22. The van der Waals surface area contributed by atoms with Gasteiger partial charge in [0, 0.05) is 31.3 Å². The van der Waals surface area contributed by atoms with Gasteiger partial charge in [0.25, 0.3) is 5.91 Å². The van der Waals surface area contributed by atoms with Crippen LogP contribution in [0.5, 0.6) is 11.5 Å². The van der Waals surface area contributed by atoms with E-state index in [4.69, 9.17) is 24.7 Å². The van der Waals surface area contributed by atoms with Gasteiger partial charge in [0.1, 0.15) is 48.4 Å². The summed E-state index contributed by atoms with van der Waals surface area (Å²) in [5, 5.41) is 18.0. The number of benzene rings is 5. The van der Waals surface area contributed by atoms with Crippen LogP contribution < -0.4 is 41.8 Å². The Balaban J connectivity index is 0.00000722. The molecule has 0 fully saturated rings. The Hall–Kier alpha value is -6.92. The maximum absolute atomic E-state index is 14.5. The zero-order valence-corrected chi connectivity index (χ0v) is 45.4. The van der Waals surface area contributed by atoms with Gasteiger partial charge >= 0.3 is 12.1 Å². The summed E-state index contributed by atoms with van der Waals surface area (Å²) in [6, 6.07) is 29.4. The van der Waals surface area contributed by atoms with Gasteiger partial charge in [-0.15, -0.1) is 0 Å². The number of alkyl carbamates (subject to hydrolysis) is 1. The average molecular weight is 1050 g/mol. The number of carbonyl (C=O) groups is 5. The molecule has 0 saturated carbocycles. The molecule has 0 bridgehead atoms. The van der Waals surface area contributed by atoms with Gasteiger partial charge < -0.3 is 51.3 Å². The third-order valence-corrected chi connectivity index (χ3v) is 11.4. The van der Waals surface area contributed by atoms with E-state index >= 15 is 0 Å². The minimum absolute atomic E-state index is 0. The maximum Gasteiger partial charge on any atom is 0.407 e. The van der Waals surface area contributed by atoms with Gasteiger partial charge in [0.15, 0.2) is 12.6 Å². The number of esters is 1. The van der Waals surface area contributed by atoms with E-state index in [1.807, 2.05) is 117 Å². The fraction of sp³-hybridized carbons (Fsp3) is 0.393. The number of nitrogens with one attached hydrogen (secondary N) is 5. The van der Waals surface area contributed by atoms with E-state index in [9.17, 15) is 24.0 Å². The molecule has 3 atom stereocenters. The van der Waals surface area contributed by atoms with Gasteiger partial charge in [-0.3, -0.25) is 19.4 Å². The molecule has 5 rings (SSSR count). The Morgan fingerprint density at radius 1 is 0.676 bits per heavy atom. The van der Waals surface area contributed by atoms with Crippen LogP contribution in [-0.2, 0) is 35.3 Å². The number of fused-ring (bicyclic) bond motifs is 2. The zero-order valence-electron chi connectivity index (χ0n) is 43.4. The van der Waals surface area contributed by atoms with Crippen LogP contribution in [0.25, 0.3) is 32.7 Å². The zero-order chi connectivity index (χ0) is 52.0. The van der Waals surface area contributed by atoms with Crippen molar-refractivity contribution in [2.45, 2.75) is 103 Å². The molecule has 0 aliphatic carbocycles. The molecule has 0 radical (unpaired) electrons. The molecule has 0 heterocycles. The van der Waals surface area contributed by atoms with Crippen molar-refractivity contribution in [3.8, 4) is 22.6 Å². The summed E-state index contributed by atoms with van der Waals surface area (Å²) in [6.45, 7) is 13.4. The largest absolute Gasteiger partial charge is 0.489 e. The fourth-order valence-corrected chi connectivity index (χ4v) is 7.96. The molecule has 5 aromatic carbocycles. The van der Waals surface area contributed by atoms with Crippen LogP contribution >= 0.6 is 27.0 Å². The smallest absolute Gasteiger partial charge is 0.407 e. The molecule has 18 heteroatoms. The molecule has 74 heavy (non-hydrogen) atoms. The Labute approximate surface area is 449 Å². The van der Waals surface area contributed by atoms with Crippen LogP contribution in [0.4, 0.5) is 4.79 Å². The van der Waals surface area contributed by atoms with Crippen molar-refractivity contribution in [3.05, 3.63) is 121 Å². The molecule has 16 nitrogen and oxygen atoms in total. The topological polar surface area (TPSA) is 221 Å². The molecule has 0 unspecified atom stereocenters. The first kappa shape index (κ1) is 61.4. The number of carbonyl (C=O) groups excluding carboxylic acids is 5. The molecular formula is C56H75N7O9S2. The van der Waals surface area contributed by atoms with Crippen LogP contribution in [0.15, 0.2) is 121 Å². The van der Waals surface area contributed by atoms with E-state index in [2.05, 4.69) is 38.2 Å². The second-order valence-corrected chi connectivity index (χ2v) is 18.8. The first-order valence-electron chi connectivity index (χ1n) is 24.5. The summed E-state index contributed by atoms with van der Waals surface area (Å²) < 4.78 is 23.6. The number of aliphatic imine (C=N–C) groups is 1. The van der Waals surface area contributed by atoms with E-state index in [-0.39, 0.29) is 77.9 Å². The molecule has 5 aromatic rings. The summed E-state index contributed by atoms with van der Waals surface area (Å²) in [5.41, 5.74) is 7.47. The average Bonchev–Trinajstić information content (AvgIpc) is 3.36. The highest BCUT2D eigenvalue weighted by atomic mass is 32.1. The standard InChI is InChI=1S/C56H71N7O9.2H2S/c1-8-33-69-46-29-27-39-21-12-14-23-41(39)49(46)50-42-24-15-13-22-40(42)28-30-47(50)70-36-48(64)61-43(25-16-17-31-60-55(68)72-56(4,5)6)51(65)62-44(26-18-32-59-54(57)58-7)52(66)63-45(34-37(2)3)53(67)71-35-38-19-10-9-11-20-38;;/h8-15,19-24,27-30,37,43-45H,1,16-18,25-26,31-36H2,2-7H3,(H,60,68)(H,61,64)(H,62,65)(H,63,66)(H3,57,58,59);2*1H2/t43-,44-,45+;;/m1../s1. The number of nitrogens with two attached hydrogens (primary N) is 1.